The number of hydrogen-bond acceptors (Lipinski definition) is 2. The molecule has 100 valence electrons. The third-order valence-corrected chi connectivity index (χ3v) is 5.36. The molecular formula is C15H23NO2. The van der Waals surface area contributed by atoms with E-state index in [2.05, 4.69) is 11.8 Å². The van der Waals surface area contributed by atoms with Gasteiger partial charge in [-0.3, -0.25) is 4.79 Å². The van der Waals surface area contributed by atoms with Crippen LogP contribution in [0.25, 0.3) is 0 Å². The standard InChI is InChI=1S/C15H23NO2/c1-9(10-2-3-10)16(11-4-5-11)15(17)13-8-12-6-7-14(13)18-12/h9-14H,2-8H2,1H3/t9-,12+,13+,14+/m0/s1. The fourth-order valence-corrected chi connectivity index (χ4v) is 3.96. The molecule has 2 heterocycles. The molecule has 3 nitrogen and oxygen atoms in total. The van der Waals surface area contributed by atoms with Gasteiger partial charge in [-0.25, -0.2) is 0 Å². The van der Waals surface area contributed by atoms with Crippen molar-refractivity contribution in [2.24, 2.45) is 11.8 Å². The summed E-state index contributed by atoms with van der Waals surface area (Å²) in [5.74, 6) is 1.39. The number of fused-ring (bicyclic) bond motifs is 2. The van der Waals surface area contributed by atoms with Crippen LogP contribution < -0.4 is 0 Å². The molecular weight excluding hydrogens is 226 g/mol. The Balaban J connectivity index is 1.50. The molecule has 4 atom stereocenters. The molecule has 2 aliphatic heterocycles. The van der Waals surface area contributed by atoms with Crippen molar-refractivity contribution in [2.75, 3.05) is 0 Å². The van der Waals surface area contributed by atoms with Crippen molar-refractivity contribution in [2.45, 2.75) is 76.2 Å². The number of amides is 1. The lowest BCUT2D eigenvalue weighted by Gasteiger charge is -2.33. The molecule has 2 aliphatic carbocycles. The number of carbonyl (C=O) groups is 1. The predicted molar refractivity (Wildman–Crippen MR) is 68.1 cm³/mol. The van der Waals surface area contributed by atoms with E-state index in [1.807, 2.05) is 0 Å². The first kappa shape index (κ1) is 11.3. The third kappa shape index (κ3) is 1.78. The van der Waals surface area contributed by atoms with E-state index in [0.717, 1.165) is 18.8 Å². The maximum absolute atomic E-state index is 12.8. The summed E-state index contributed by atoms with van der Waals surface area (Å²) in [4.78, 5) is 15.1. The number of nitrogens with zero attached hydrogens (tertiary/aromatic N) is 1. The number of ether oxygens (including phenoxy) is 1. The zero-order valence-corrected chi connectivity index (χ0v) is 11.2. The zero-order chi connectivity index (χ0) is 12.3. The first-order valence-corrected chi connectivity index (χ1v) is 7.71. The van der Waals surface area contributed by atoms with Crippen LogP contribution in [0.3, 0.4) is 0 Å². The first-order valence-electron chi connectivity index (χ1n) is 7.71. The molecule has 0 spiro atoms. The number of hydrogen-bond donors (Lipinski definition) is 0. The SMILES string of the molecule is C[C@@H](C1CC1)N(C(=O)[C@@H]1C[C@H]2CC[C@H]1O2)C1CC1. The molecule has 3 heteroatoms. The van der Waals surface area contributed by atoms with Gasteiger partial charge in [0.05, 0.1) is 18.1 Å². The number of carbonyl (C=O) groups excluding carboxylic acids is 1. The second kappa shape index (κ2) is 3.96. The van der Waals surface area contributed by atoms with Gasteiger partial charge in [0, 0.05) is 12.1 Å². The summed E-state index contributed by atoms with van der Waals surface area (Å²) in [5, 5.41) is 0. The normalized spacial score (nSPS) is 39.9. The summed E-state index contributed by atoms with van der Waals surface area (Å²) in [7, 11) is 0. The van der Waals surface area contributed by atoms with Crippen LogP contribution in [0.5, 0.6) is 0 Å². The Hall–Kier alpha value is -0.570. The Morgan fingerprint density at radius 3 is 2.44 bits per heavy atom. The highest BCUT2D eigenvalue weighted by molar-refractivity contribution is 5.81. The molecule has 0 aromatic rings. The topological polar surface area (TPSA) is 29.5 Å². The van der Waals surface area contributed by atoms with Gasteiger partial charge in [-0.05, 0) is 57.8 Å². The molecule has 0 aromatic heterocycles. The van der Waals surface area contributed by atoms with E-state index in [0.29, 0.717) is 24.1 Å². The lowest BCUT2D eigenvalue weighted by Crippen LogP contribution is -2.46. The molecule has 2 saturated heterocycles. The molecule has 2 saturated carbocycles. The van der Waals surface area contributed by atoms with Gasteiger partial charge in [-0.1, -0.05) is 0 Å². The molecule has 0 unspecified atom stereocenters. The van der Waals surface area contributed by atoms with E-state index in [1.165, 1.54) is 32.1 Å². The lowest BCUT2D eigenvalue weighted by atomic mass is 9.87. The molecule has 0 N–H and O–H groups in total. The van der Waals surface area contributed by atoms with Crippen molar-refractivity contribution in [3.8, 4) is 0 Å². The Labute approximate surface area is 109 Å². The number of rotatable bonds is 4. The van der Waals surface area contributed by atoms with Crippen molar-refractivity contribution in [3.63, 3.8) is 0 Å². The van der Waals surface area contributed by atoms with E-state index in [9.17, 15) is 4.79 Å². The highest BCUT2D eigenvalue weighted by atomic mass is 16.5. The molecule has 1 amide bonds. The quantitative estimate of drug-likeness (QED) is 0.765. The molecule has 0 aromatic carbocycles. The van der Waals surface area contributed by atoms with E-state index >= 15 is 0 Å². The Bertz CT molecular complexity index is 362. The van der Waals surface area contributed by atoms with Crippen LogP contribution in [-0.2, 0) is 9.53 Å². The summed E-state index contributed by atoms with van der Waals surface area (Å²) in [6.45, 7) is 2.27. The van der Waals surface area contributed by atoms with Crippen LogP contribution in [0.15, 0.2) is 0 Å². The van der Waals surface area contributed by atoms with Gasteiger partial charge in [0.1, 0.15) is 0 Å². The van der Waals surface area contributed by atoms with E-state index in [-0.39, 0.29) is 12.0 Å². The Kier molecular flexibility index (Phi) is 2.48. The minimum atomic E-state index is 0.186. The predicted octanol–water partition coefficient (Wildman–Crippen LogP) is 2.34. The van der Waals surface area contributed by atoms with Crippen molar-refractivity contribution in [3.05, 3.63) is 0 Å². The maximum atomic E-state index is 12.8. The third-order valence-electron chi connectivity index (χ3n) is 5.36. The fraction of sp³-hybridized carbons (Fsp3) is 0.933. The van der Waals surface area contributed by atoms with Crippen molar-refractivity contribution in [1.29, 1.82) is 0 Å². The van der Waals surface area contributed by atoms with Crippen LogP contribution in [0.2, 0.25) is 0 Å². The van der Waals surface area contributed by atoms with Gasteiger partial charge in [0.2, 0.25) is 5.91 Å². The maximum Gasteiger partial charge on any atom is 0.228 e. The Morgan fingerprint density at radius 1 is 1.17 bits per heavy atom. The smallest absolute Gasteiger partial charge is 0.228 e. The molecule has 18 heavy (non-hydrogen) atoms. The van der Waals surface area contributed by atoms with Gasteiger partial charge in [-0.15, -0.1) is 0 Å². The van der Waals surface area contributed by atoms with Crippen LogP contribution >= 0.6 is 0 Å². The second-order valence-electron chi connectivity index (χ2n) is 6.77. The van der Waals surface area contributed by atoms with Crippen LogP contribution in [0, 0.1) is 11.8 Å². The Morgan fingerprint density at radius 2 is 1.94 bits per heavy atom. The summed E-state index contributed by atoms with van der Waals surface area (Å²) < 4.78 is 5.86. The van der Waals surface area contributed by atoms with Crippen molar-refractivity contribution in [1.82, 2.24) is 4.90 Å². The van der Waals surface area contributed by atoms with Gasteiger partial charge >= 0.3 is 0 Å². The van der Waals surface area contributed by atoms with Crippen LogP contribution in [0.4, 0.5) is 0 Å². The average molecular weight is 249 g/mol. The van der Waals surface area contributed by atoms with Crippen LogP contribution in [0.1, 0.15) is 51.9 Å². The van der Waals surface area contributed by atoms with E-state index in [1.54, 1.807) is 0 Å². The van der Waals surface area contributed by atoms with E-state index in [4.69, 9.17) is 4.74 Å². The molecule has 0 radical (unpaired) electrons. The molecule has 4 aliphatic rings. The van der Waals surface area contributed by atoms with Crippen LogP contribution in [-0.4, -0.2) is 35.1 Å². The monoisotopic (exact) mass is 249 g/mol. The molecule has 4 rings (SSSR count). The van der Waals surface area contributed by atoms with Crippen molar-refractivity contribution < 1.29 is 9.53 Å². The van der Waals surface area contributed by atoms with E-state index < -0.39 is 0 Å². The minimum Gasteiger partial charge on any atom is -0.374 e. The molecule has 4 fully saturated rings. The van der Waals surface area contributed by atoms with Gasteiger partial charge in [-0.2, -0.15) is 0 Å². The average Bonchev–Trinajstić information content (AvgIpc) is 3.29. The highest BCUT2D eigenvalue weighted by Gasteiger charge is 2.50. The van der Waals surface area contributed by atoms with Gasteiger partial charge in [0.25, 0.3) is 0 Å². The van der Waals surface area contributed by atoms with Gasteiger partial charge in [0.15, 0.2) is 0 Å². The minimum absolute atomic E-state index is 0.186. The van der Waals surface area contributed by atoms with Crippen molar-refractivity contribution >= 4 is 5.91 Å². The summed E-state index contributed by atoms with van der Waals surface area (Å²) in [6, 6.07) is 1.04. The summed E-state index contributed by atoms with van der Waals surface area (Å²) in [6.07, 6.45) is 9.01. The summed E-state index contributed by atoms with van der Waals surface area (Å²) in [5.41, 5.74) is 0. The lowest BCUT2D eigenvalue weighted by molar-refractivity contribution is -0.140. The summed E-state index contributed by atoms with van der Waals surface area (Å²) >= 11 is 0. The highest BCUT2D eigenvalue weighted by Crippen LogP contribution is 2.44. The molecule has 2 bridgehead atoms. The fourth-order valence-electron chi connectivity index (χ4n) is 3.96. The zero-order valence-electron chi connectivity index (χ0n) is 11.2. The largest absolute Gasteiger partial charge is 0.374 e. The first-order chi connectivity index (χ1) is 8.74. The second-order valence-corrected chi connectivity index (χ2v) is 6.77. The van der Waals surface area contributed by atoms with Gasteiger partial charge < -0.3 is 9.64 Å².